The molecule has 1 aromatic rings. The van der Waals surface area contributed by atoms with Crippen molar-refractivity contribution < 1.29 is 9.53 Å². The van der Waals surface area contributed by atoms with Gasteiger partial charge in [-0.15, -0.1) is 0 Å². The average molecular weight is 291 g/mol. The first-order valence-corrected chi connectivity index (χ1v) is 7.58. The van der Waals surface area contributed by atoms with Crippen LogP contribution in [-0.4, -0.2) is 32.2 Å². The molecule has 0 saturated heterocycles. The second-order valence-corrected chi connectivity index (χ2v) is 5.59. The zero-order chi connectivity index (χ0) is 15.1. The summed E-state index contributed by atoms with van der Waals surface area (Å²) in [5.41, 5.74) is 7.67. The summed E-state index contributed by atoms with van der Waals surface area (Å²) < 4.78 is 4.81. The third-order valence-electron chi connectivity index (χ3n) is 3.99. The second-order valence-electron chi connectivity index (χ2n) is 5.59. The number of nitrogens with two attached hydrogens (primary N) is 1. The summed E-state index contributed by atoms with van der Waals surface area (Å²) in [5, 5.41) is 6.38. The molecule has 1 fully saturated rings. The maximum Gasteiger partial charge on any atom is 0.250 e. The lowest BCUT2D eigenvalue weighted by molar-refractivity contribution is -0.119. The maximum absolute atomic E-state index is 11.5. The van der Waals surface area contributed by atoms with E-state index in [1.165, 1.54) is 26.4 Å². The van der Waals surface area contributed by atoms with Crippen molar-refractivity contribution in [2.24, 2.45) is 11.7 Å². The molecule has 0 bridgehead atoms. The number of amides is 1. The van der Waals surface area contributed by atoms with Crippen LogP contribution in [0.4, 0.5) is 11.4 Å². The molecule has 2 unspecified atom stereocenters. The van der Waals surface area contributed by atoms with Crippen molar-refractivity contribution in [3.05, 3.63) is 24.3 Å². The monoisotopic (exact) mass is 291 g/mol. The summed E-state index contributed by atoms with van der Waals surface area (Å²) in [5.74, 6) is 0.387. The molecule has 1 amide bonds. The molecule has 21 heavy (non-hydrogen) atoms. The van der Waals surface area contributed by atoms with E-state index in [0.717, 1.165) is 24.3 Å². The summed E-state index contributed by atoms with van der Waals surface area (Å²) >= 11 is 0. The van der Waals surface area contributed by atoms with E-state index in [1.54, 1.807) is 0 Å². The van der Waals surface area contributed by atoms with Crippen molar-refractivity contribution in [3.8, 4) is 0 Å². The van der Waals surface area contributed by atoms with Crippen LogP contribution in [0.1, 0.15) is 25.7 Å². The highest BCUT2D eigenvalue weighted by Gasteiger charge is 2.23. The van der Waals surface area contributed by atoms with Gasteiger partial charge in [-0.2, -0.15) is 0 Å². The summed E-state index contributed by atoms with van der Waals surface area (Å²) in [6.45, 7) is 0.789. The Kier molecular flexibility index (Phi) is 6.02. The predicted octanol–water partition coefficient (Wildman–Crippen LogP) is 2.20. The van der Waals surface area contributed by atoms with E-state index in [2.05, 4.69) is 10.6 Å². The van der Waals surface area contributed by atoms with E-state index in [-0.39, 0.29) is 12.5 Å². The Hall–Kier alpha value is -1.59. The summed E-state index contributed by atoms with van der Waals surface area (Å²) in [4.78, 5) is 11.5. The lowest BCUT2D eigenvalue weighted by atomic mass is 9.84. The Bertz CT molecular complexity index is 465. The molecule has 0 spiro atoms. The summed E-state index contributed by atoms with van der Waals surface area (Å²) in [7, 11) is 1.51. The van der Waals surface area contributed by atoms with Crippen LogP contribution in [-0.2, 0) is 9.53 Å². The van der Waals surface area contributed by atoms with Crippen molar-refractivity contribution in [3.63, 3.8) is 0 Å². The van der Waals surface area contributed by atoms with Crippen LogP contribution in [0.25, 0.3) is 0 Å². The minimum Gasteiger partial charge on any atom is -0.382 e. The van der Waals surface area contributed by atoms with Gasteiger partial charge in [0.05, 0.1) is 0 Å². The first-order valence-electron chi connectivity index (χ1n) is 7.58. The molecule has 2 atom stereocenters. The van der Waals surface area contributed by atoms with Gasteiger partial charge in [0.25, 0.3) is 0 Å². The molecule has 1 aliphatic carbocycles. The maximum atomic E-state index is 11.5. The van der Waals surface area contributed by atoms with Crippen LogP contribution in [0.5, 0.6) is 0 Å². The topological polar surface area (TPSA) is 76.4 Å². The van der Waals surface area contributed by atoms with Crippen molar-refractivity contribution in [2.45, 2.75) is 31.7 Å². The van der Waals surface area contributed by atoms with Crippen LogP contribution < -0.4 is 16.4 Å². The largest absolute Gasteiger partial charge is 0.382 e. The number of carbonyl (C=O) groups excluding carboxylic acids is 1. The van der Waals surface area contributed by atoms with Gasteiger partial charge in [-0.1, -0.05) is 18.9 Å². The molecule has 0 heterocycles. The fourth-order valence-corrected chi connectivity index (χ4v) is 2.91. The van der Waals surface area contributed by atoms with Crippen LogP contribution >= 0.6 is 0 Å². The molecule has 0 aromatic heterocycles. The highest BCUT2D eigenvalue weighted by atomic mass is 16.5. The number of ether oxygens (including phenoxy) is 1. The smallest absolute Gasteiger partial charge is 0.250 e. The Balaban J connectivity index is 1.98. The van der Waals surface area contributed by atoms with E-state index in [0.29, 0.717) is 12.0 Å². The number of methoxy groups -OCH3 is 1. The van der Waals surface area contributed by atoms with E-state index in [1.807, 2.05) is 24.3 Å². The third kappa shape index (κ3) is 4.72. The molecule has 1 aliphatic rings. The van der Waals surface area contributed by atoms with Crippen LogP contribution in [0.3, 0.4) is 0 Å². The summed E-state index contributed by atoms with van der Waals surface area (Å²) in [6, 6.07) is 8.21. The molecule has 1 aromatic carbocycles. The number of nitrogens with one attached hydrogen (secondary N) is 2. The lowest BCUT2D eigenvalue weighted by Gasteiger charge is -2.32. The van der Waals surface area contributed by atoms with E-state index in [4.69, 9.17) is 10.5 Å². The van der Waals surface area contributed by atoms with Crippen LogP contribution in [0.2, 0.25) is 0 Å². The first-order chi connectivity index (χ1) is 10.2. The van der Waals surface area contributed by atoms with E-state index in [9.17, 15) is 4.79 Å². The SMILES string of the molecule is COCC(=O)Nc1cccc(NC2CCCCC2CN)c1. The van der Waals surface area contributed by atoms with Crippen molar-refractivity contribution in [1.29, 1.82) is 0 Å². The van der Waals surface area contributed by atoms with E-state index < -0.39 is 0 Å². The van der Waals surface area contributed by atoms with Crippen LogP contribution in [0.15, 0.2) is 24.3 Å². The number of hydrogen-bond acceptors (Lipinski definition) is 4. The zero-order valence-electron chi connectivity index (χ0n) is 12.6. The van der Waals surface area contributed by atoms with Gasteiger partial charge in [0.1, 0.15) is 6.61 Å². The Labute approximate surface area is 126 Å². The molecule has 0 radical (unpaired) electrons. The fraction of sp³-hybridized carbons (Fsp3) is 0.562. The van der Waals surface area contributed by atoms with Gasteiger partial charge in [-0.25, -0.2) is 0 Å². The van der Waals surface area contributed by atoms with Gasteiger partial charge in [-0.3, -0.25) is 4.79 Å². The minimum absolute atomic E-state index is 0.0650. The molecule has 5 heteroatoms. The Morgan fingerprint density at radius 2 is 2.10 bits per heavy atom. The van der Waals surface area contributed by atoms with Gasteiger partial charge in [-0.05, 0) is 43.5 Å². The van der Waals surface area contributed by atoms with Crippen LogP contribution in [0, 0.1) is 5.92 Å². The third-order valence-corrected chi connectivity index (χ3v) is 3.99. The number of rotatable bonds is 6. The second kappa shape index (κ2) is 8.00. The number of carbonyl (C=O) groups is 1. The highest BCUT2D eigenvalue weighted by molar-refractivity contribution is 5.92. The molecule has 116 valence electrons. The molecular weight excluding hydrogens is 266 g/mol. The highest BCUT2D eigenvalue weighted by Crippen LogP contribution is 2.27. The number of hydrogen-bond donors (Lipinski definition) is 3. The molecular formula is C16H25N3O2. The van der Waals surface area contributed by atoms with Gasteiger partial charge in [0.15, 0.2) is 0 Å². The van der Waals surface area contributed by atoms with Crippen molar-refractivity contribution in [1.82, 2.24) is 0 Å². The quantitative estimate of drug-likeness (QED) is 0.751. The van der Waals surface area contributed by atoms with Gasteiger partial charge >= 0.3 is 0 Å². The predicted molar refractivity (Wildman–Crippen MR) is 85.4 cm³/mol. The van der Waals surface area contributed by atoms with Crippen molar-refractivity contribution >= 4 is 17.3 Å². The summed E-state index contributed by atoms with van der Waals surface area (Å²) in [6.07, 6.45) is 4.87. The number of benzene rings is 1. The van der Waals surface area contributed by atoms with Gasteiger partial charge in [0.2, 0.25) is 5.91 Å². The molecule has 2 rings (SSSR count). The molecule has 4 N–H and O–H groups in total. The lowest BCUT2D eigenvalue weighted by Crippen LogP contribution is -2.36. The molecule has 5 nitrogen and oxygen atoms in total. The van der Waals surface area contributed by atoms with Gasteiger partial charge in [0, 0.05) is 24.5 Å². The minimum atomic E-state index is -0.146. The van der Waals surface area contributed by atoms with Crippen molar-refractivity contribution in [2.75, 3.05) is 30.9 Å². The Morgan fingerprint density at radius 3 is 2.86 bits per heavy atom. The average Bonchev–Trinajstić information content (AvgIpc) is 2.48. The molecule has 0 aliphatic heterocycles. The van der Waals surface area contributed by atoms with E-state index >= 15 is 0 Å². The zero-order valence-corrected chi connectivity index (χ0v) is 12.6. The van der Waals surface area contributed by atoms with Gasteiger partial charge < -0.3 is 21.1 Å². The fourth-order valence-electron chi connectivity index (χ4n) is 2.91. The Morgan fingerprint density at radius 1 is 1.33 bits per heavy atom. The first kappa shape index (κ1) is 15.8. The normalized spacial score (nSPS) is 21.8. The standard InChI is InChI=1S/C16H25N3O2/c1-21-11-16(20)19-14-7-4-6-13(9-14)18-15-8-3-2-5-12(15)10-17/h4,6-7,9,12,15,18H,2-3,5,8,10-11,17H2,1H3,(H,19,20). The molecule has 1 saturated carbocycles. The number of anilines is 2.